The van der Waals surface area contributed by atoms with E-state index in [4.69, 9.17) is 22.1 Å². The quantitative estimate of drug-likeness (QED) is 0.819. The molecule has 18 heavy (non-hydrogen) atoms. The van der Waals surface area contributed by atoms with Gasteiger partial charge in [0.2, 0.25) is 0 Å². The van der Waals surface area contributed by atoms with Crippen LogP contribution in [0.15, 0.2) is 18.2 Å². The van der Waals surface area contributed by atoms with Crippen LogP contribution in [0.2, 0.25) is 5.02 Å². The summed E-state index contributed by atoms with van der Waals surface area (Å²) in [6.45, 7) is 6.90. The second-order valence-corrected chi connectivity index (χ2v) is 5.15. The number of nitrogens with two attached hydrogens (primary N) is 1. The van der Waals surface area contributed by atoms with Crippen LogP contribution in [0.25, 0.3) is 0 Å². The predicted octanol–water partition coefficient (Wildman–Crippen LogP) is 3.72. The molecule has 0 fully saturated rings. The van der Waals surface area contributed by atoms with Crippen molar-refractivity contribution in [1.29, 1.82) is 0 Å². The minimum Gasteiger partial charge on any atom is -0.377 e. The fourth-order valence-electron chi connectivity index (χ4n) is 2.12. The molecule has 0 aliphatic rings. The molecule has 0 spiro atoms. The van der Waals surface area contributed by atoms with Crippen LogP contribution in [0.3, 0.4) is 0 Å². The van der Waals surface area contributed by atoms with Crippen LogP contribution >= 0.6 is 11.6 Å². The summed E-state index contributed by atoms with van der Waals surface area (Å²) in [5.41, 5.74) is 8.53. The number of hydrogen-bond donors (Lipinski definition) is 1. The zero-order valence-corrected chi connectivity index (χ0v) is 12.3. The second-order valence-electron chi connectivity index (χ2n) is 4.75. The first kappa shape index (κ1) is 15.5. The van der Waals surface area contributed by atoms with Crippen LogP contribution in [0.5, 0.6) is 0 Å². The van der Waals surface area contributed by atoms with Gasteiger partial charge in [0, 0.05) is 17.7 Å². The lowest BCUT2D eigenvalue weighted by atomic mass is 9.98. The van der Waals surface area contributed by atoms with Gasteiger partial charge < -0.3 is 10.5 Å². The van der Waals surface area contributed by atoms with E-state index in [9.17, 15) is 0 Å². The van der Waals surface area contributed by atoms with E-state index < -0.39 is 0 Å². The smallest absolute Gasteiger partial charge is 0.0728 e. The van der Waals surface area contributed by atoms with Gasteiger partial charge in [0.15, 0.2) is 0 Å². The third-order valence-electron chi connectivity index (χ3n) is 3.10. The molecular formula is C15H24ClNO. The molecule has 3 heteroatoms. The third kappa shape index (κ3) is 4.60. The molecule has 1 aromatic carbocycles. The molecule has 0 saturated carbocycles. The summed E-state index contributed by atoms with van der Waals surface area (Å²) in [5, 5.41) is 0.803. The number of aryl methyl sites for hydroxylation is 1. The van der Waals surface area contributed by atoms with Crippen LogP contribution in [0.1, 0.15) is 37.8 Å². The summed E-state index contributed by atoms with van der Waals surface area (Å²) >= 11 is 6.24. The molecule has 1 rings (SSSR count). The molecule has 102 valence electrons. The maximum atomic E-state index is 6.25. The summed E-state index contributed by atoms with van der Waals surface area (Å²) in [6.07, 6.45) is 2.97. The average Bonchev–Trinajstić information content (AvgIpc) is 2.32. The molecule has 0 aromatic heterocycles. The molecule has 1 aromatic rings. The van der Waals surface area contributed by atoms with Gasteiger partial charge in [-0.15, -0.1) is 0 Å². The largest absolute Gasteiger partial charge is 0.377 e. The van der Waals surface area contributed by atoms with Crippen LogP contribution in [0.4, 0.5) is 0 Å². The first-order valence-corrected chi connectivity index (χ1v) is 7.08. The fraction of sp³-hybridized carbons (Fsp3) is 0.600. The molecule has 2 N–H and O–H groups in total. The van der Waals surface area contributed by atoms with E-state index >= 15 is 0 Å². The number of rotatable bonds is 7. The summed E-state index contributed by atoms with van der Waals surface area (Å²) < 4.78 is 5.71. The molecule has 2 unspecified atom stereocenters. The highest BCUT2D eigenvalue weighted by Gasteiger charge is 2.18. The van der Waals surface area contributed by atoms with Crippen molar-refractivity contribution in [2.24, 2.45) is 5.73 Å². The van der Waals surface area contributed by atoms with Crippen molar-refractivity contribution in [1.82, 2.24) is 0 Å². The van der Waals surface area contributed by atoms with Gasteiger partial charge in [-0.2, -0.15) is 0 Å². The molecule has 0 heterocycles. The van der Waals surface area contributed by atoms with Gasteiger partial charge in [0.25, 0.3) is 0 Å². The number of hydrogen-bond acceptors (Lipinski definition) is 2. The maximum absolute atomic E-state index is 6.25. The zero-order valence-electron chi connectivity index (χ0n) is 11.6. The lowest BCUT2D eigenvalue weighted by Gasteiger charge is -2.24. The Bertz CT molecular complexity index is 362. The number of halogens is 1. The van der Waals surface area contributed by atoms with Crippen LogP contribution in [0, 0.1) is 6.92 Å². The van der Waals surface area contributed by atoms with Gasteiger partial charge in [-0.3, -0.25) is 0 Å². The molecule has 0 aliphatic carbocycles. The van der Waals surface area contributed by atoms with Gasteiger partial charge in [0.05, 0.1) is 6.10 Å². The minimum atomic E-state index is 0.00473. The van der Waals surface area contributed by atoms with Gasteiger partial charge in [-0.05, 0) is 43.9 Å². The third-order valence-corrected chi connectivity index (χ3v) is 3.45. The SMILES string of the molecule is CCCC(OCC)C(N)Cc1ccc(C)cc1Cl. The highest BCUT2D eigenvalue weighted by atomic mass is 35.5. The Hall–Kier alpha value is -0.570. The first-order valence-electron chi connectivity index (χ1n) is 6.70. The normalized spacial score (nSPS) is 14.5. The highest BCUT2D eigenvalue weighted by molar-refractivity contribution is 6.31. The first-order chi connectivity index (χ1) is 8.58. The second kappa shape index (κ2) is 7.78. The summed E-state index contributed by atoms with van der Waals surface area (Å²) in [4.78, 5) is 0. The van der Waals surface area contributed by atoms with Crippen molar-refractivity contribution in [2.45, 2.75) is 52.2 Å². The fourth-order valence-corrected chi connectivity index (χ4v) is 2.44. The summed E-state index contributed by atoms with van der Waals surface area (Å²) in [6, 6.07) is 6.12. The molecular weight excluding hydrogens is 246 g/mol. The Kier molecular flexibility index (Phi) is 6.69. The molecule has 0 amide bonds. The Morgan fingerprint density at radius 1 is 1.33 bits per heavy atom. The number of benzene rings is 1. The lowest BCUT2D eigenvalue weighted by Crippen LogP contribution is -2.38. The van der Waals surface area contributed by atoms with Crippen molar-refractivity contribution < 1.29 is 4.74 Å². The Morgan fingerprint density at radius 3 is 2.61 bits per heavy atom. The topological polar surface area (TPSA) is 35.2 Å². The van der Waals surface area contributed by atoms with E-state index in [0.717, 1.165) is 29.8 Å². The molecule has 2 atom stereocenters. The average molecular weight is 270 g/mol. The Balaban J connectivity index is 2.69. The maximum Gasteiger partial charge on any atom is 0.0728 e. The van der Waals surface area contributed by atoms with Crippen LogP contribution in [-0.4, -0.2) is 18.8 Å². The molecule has 0 radical (unpaired) electrons. The van der Waals surface area contributed by atoms with Gasteiger partial charge >= 0.3 is 0 Å². The van der Waals surface area contributed by atoms with Crippen LogP contribution in [-0.2, 0) is 11.2 Å². The van der Waals surface area contributed by atoms with Crippen LogP contribution < -0.4 is 5.73 Å². The monoisotopic (exact) mass is 269 g/mol. The summed E-state index contributed by atoms with van der Waals surface area (Å²) in [7, 11) is 0. The van der Waals surface area contributed by atoms with Crippen molar-refractivity contribution in [3.05, 3.63) is 34.3 Å². The van der Waals surface area contributed by atoms with E-state index in [2.05, 4.69) is 19.1 Å². The Labute approximate surface area is 115 Å². The van der Waals surface area contributed by atoms with E-state index in [-0.39, 0.29) is 12.1 Å². The van der Waals surface area contributed by atoms with E-state index in [1.54, 1.807) is 0 Å². The molecule has 2 nitrogen and oxygen atoms in total. The number of ether oxygens (including phenoxy) is 1. The Morgan fingerprint density at radius 2 is 2.06 bits per heavy atom. The van der Waals surface area contributed by atoms with Crippen molar-refractivity contribution in [3.63, 3.8) is 0 Å². The van der Waals surface area contributed by atoms with Gasteiger partial charge in [0.1, 0.15) is 0 Å². The van der Waals surface area contributed by atoms with Crippen molar-refractivity contribution in [3.8, 4) is 0 Å². The van der Waals surface area contributed by atoms with E-state index in [0.29, 0.717) is 6.61 Å². The van der Waals surface area contributed by atoms with Crippen molar-refractivity contribution in [2.75, 3.05) is 6.61 Å². The standard InChI is InChI=1S/C15H24ClNO/c1-4-6-15(18-5-2)14(17)10-12-8-7-11(3)9-13(12)16/h7-9,14-15H,4-6,10,17H2,1-3H3. The molecule has 0 saturated heterocycles. The highest BCUT2D eigenvalue weighted by Crippen LogP contribution is 2.20. The minimum absolute atomic E-state index is 0.00473. The van der Waals surface area contributed by atoms with Gasteiger partial charge in [-0.1, -0.05) is 37.1 Å². The molecule has 0 bridgehead atoms. The summed E-state index contributed by atoms with van der Waals surface area (Å²) in [5.74, 6) is 0. The van der Waals surface area contributed by atoms with Gasteiger partial charge in [-0.25, -0.2) is 0 Å². The lowest BCUT2D eigenvalue weighted by molar-refractivity contribution is 0.0378. The van der Waals surface area contributed by atoms with E-state index in [1.165, 1.54) is 5.56 Å². The predicted molar refractivity (Wildman–Crippen MR) is 78.2 cm³/mol. The van der Waals surface area contributed by atoms with E-state index in [1.807, 2.05) is 19.9 Å². The molecule has 0 aliphatic heterocycles. The van der Waals surface area contributed by atoms with Crippen molar-refractivity contribution >= 4 is 11.6 Å². The zero-order chi connectivity index (χ0) is 13.5.